The van der Waals surface area contributed by atoms with E-state index in [2.05, 4.69) is 15.3 Å². The third-order valence-corrected chi connectivity index (χ3v) is 4.41. The molecule has 9 heteroatoms. The number of β-amino-alcohol motifs (C(OH)–C–C–N with tert-alkyl or cyclic N) is 1. The second kappa shape index (κ2) is 7.59. The number of piperidine rings is 1. The molecular weight excluding hydrogens is 363 g/mol. The Morgan fingerprint density at radius 1 is 1.54 bits per heavy atom. The van der Waals surface area contributed by atoms with Gasteiger partial charge in [0.2, 0.25) is 5.76 Å². The van der Waals surface area contributed by atoms with Crippen LogP contribution in [0.1, 0.15) is 35.5 Å². The molecule has 2 aromatic heterocycles. The van der Waals surface area contributed by atoms with Gasteiger partial charge in [-0.1, -0.05) is 18.5 Å². The number of aliphatic hydroxyl groups is 1. The van der Waals surface area contributed by atoms with Crippen molar-refractivity contribution in [2.75, 3.05) is 18.0 Å². The van der Waals surface area contributed by atoms with Gasteiger partial charge in [0.25, 0.3) is 5.91 Å². The highest BCUT2D eigenvalue weighted by molar-refractivity contribution is 6.30. The summed E-state index contributed by atoms with van der Waals surface area (Å²) in [5.74, 6) is -0.236. The van der Waals surface area contributed by atoms with Crippen LogP contribution < -0.4 is 10.2 Å². The number of halogens is 2. The van der Waals surface area contributed by atoms with Crippen molar-refractivity contribution < 1.29 is 18.7 Å². The van der Waals surface area contributed by atoms with Crippen molar-refractivity contribution in [1.29, 1.82) is 0 Å². The molecule has 0 aliphatic carbocycles. The van der Waals surface area contributed by atoms with Crippen molar-refractivity contribution >= 4 is 23.3 Å². The lowest BCUT2D eigenvalue weighted by molar-refractivity contribution is 0.0865. The fourth-order valence-corrected chi connectivity index (χ4v) is 3.20. The Balaban J connectivity index is 1.73. The van der Waals surface area contributed by atoms with E-state index in [0.717, 1.165) is 0 Å². The van der Waals surface area contributed by atoms with Crippen LogP contribution in [0.2, 0.25) is 5.02 Å². The number of hydrogen-bond donors (Lipinski definition) is 2. The molecule has 2 aromatic rings. The number of aliphatic hydroxyl groups excluding tert-OH is 1. The van der Waals surface area contributed by atoms with Crippen LogP contribution in [0.3, 0.4) is 0 Å². The molecule has 0 aromatic carbocycles. The Morgan fingerprint density at radius 2 is 2.31 bits per heavy atom. The van der Waals surface area contributed by atoms with Crippen molar-refractivity contribution in [3.8, 4) is 0 Å². The molecule has 0 radical (unpaired) electrons. The second-order valence-electron chi connectivity index (χ2n) is 6.30. The molecule has 1 saturated heterocycles. The molecular formula is C17H20ClFN4O3. The molecule has 0 unspecified atom stereocenters. The summed E-state index contributed by atoms with van der Waals surface area (Å²) in [5.41, 5.74) is 0.512. The Labute approximate surface area is 155 Å². The average molecular weight is 383 g/mol. The highest BCUT2D eigenvalue weighted by Crippen LogP contribution is 2.23. The molecule has 1 aliphatic heterocycles. The zero-order valence-electron chi connectivity index (χ0n) is 14.5. The number of amides is 1. The minimum absolute atomic E-state index is 0.0940. The number of pyridine rings is 1. The molecule has 1 aliphatic rings. The Kier molecular flexibility index (Phi) is 5.43. The minimum atomic E-state index is -0.729. The maximum Gasteiger partial charge on any atom is 0.289 e. The number of carbonyl (C=O) groups excluding carboxylic acids is 1. The number of nitrogens with one attached hydrogen (secondary N) is 1. The number of rotatable bonds is 4. The maximum absolute atomic E-state index is 14.1. The molecule has 3 rings (SSSR count). The first-order valence-electron chi connectivity index (χ1n) is 8.38. The van der Waals surface area contributed by atoms with Crippen LogP contribution in [-0.2, 0) is 6.42 Å². The van der Waals surface area contributed by atoms with Gasteiger partial charge in [0.1, 0.15) is 0 Å². The lowest BCUT2D eigenvalue weighted by atomic mass is 10.0. The predicted octanol–water partition coefficient (Wildman–Crippen LogP) is 2.10. The highest BCUT2D eigenvalue weighted by atomic mass is 35.5. The predicted molar refractivity (Wildman–Crippen MR) is 93.9 cm³/mol. The van der Waals surface area contributed by atoms with Gasteiger partial charge in [-0.2, -0.15) is 0 Å². The summed E-state index contributed by atoms with van der Waals surface area (Å²) in [6.07, 6.45) is 1.56. The van der Waals surface area contributed by atoms with E-state index in [1.807, 2.05) is 6.92 Å². The molecule has 2 atom stereocenters. The van der Waals surface area contributed by atoms with Crippen LogP contribution in [0, 0.1) is 12.7 Å². The van der Waals surface area contributed by atoms with Crippen LogP contribution in [-0.4, -0.2) is 46.2 Å². The van der Waals surface area contributed by atoms with Gasteiger partial charge in [0.05, 0.1) is 16.8 Å². The minimum Gasteiger partial charge on any atom is -0.435 e. The molecule has 3 heterocycles. The smallest absolute Gasteiger partial charge is 0.289 e. The molecule has 26 heavy (non-hydrogen) atoms. The van der Waals surface area contributed by atoms with E-state index in [4.69, 9.17) is 16.0 Å². The zero-order valence-corrected chi connectivity index (χ0v) is 15.3. The van der Waals surface area contributed by atoms with Gasteiger partial charge in [-0.3, -0.25) is 4.79 Å². The van der Waals surface area contributed by atoms with E-state index in [1.54, 1.807) is 11.8 Å². The first-order valence-corrected chi connectivity index (χ1v) is 8.76. The first kappa shape index (κ1) is 18.6. The summed E-state index contributed by atoms with van der Waals surface area (Å²) in [4.78, 5) is 22.2. The Morgan fingerprint density at radius 3 is 2.96 bits per heavy atom. The fourth-order valence-electron chi connectivity index (χ4n) is 3.06. The molecule has 1 fully saturated rings. The molecule has 0 spiro atoms. The third-order valence-electron chi connectivity index (χ3n) is 4.20. The van der Waals surface area contributed by atoms with E-state index >= 15 is 0 Å². The highest BCUT2D eigenvalue weighted by Gasteiger charge is 2.30. The number of hydrogen-bond acceptors (Lipinski definition) is 6. The van der Waals surface area contributed by atoms with Gasteiger partial charge in [0.15, 0.2) is 17.5 Å². The second-order valence-corrected chi connectivity index (χ2v) is 6.74. The van der Waals surface area contributed by atoms with Gasteiger partial charge in [0, 0.05) is 31.7 Å². The third kappa shape index (κ3) is 3.96. The van der Waals surface area contributed by atoms with Gasteiger partial charge in [-0.25, -0.2) is 14.4 Å². The normalized spacial score (nSPS) is 20.3. The lowest BCUT2D eigenvalue weighted by Gasteiger charge is -2.36. The number of carbonyl (C=O) groups is 1. The number of oxazole rings is 1. The standard InChI is InChI=1S/C17H20ClFN4O3/c1-3-14-21-9(2)15(26-14)17(25)22-11-5-12(24)8-23(7-11)16-13(19)4-10(18)6-20-16/h4,6,11-12,24H,3,5,7-8H2,1-2H3,(H,22,25)/t11-,12+/m0/s1. The van der Waals surface area contributed by atoms with Crippen molar-refractivity contribution in [1.82, 2.24) is 15.3 Å². The van der Waals surface area contributed by atoms with Crippen molar-refractivity contribution in [2.45, 2.75) is 38.8 Å². The summed E-state index contributed by atoms with van der Waals surface area (Å²) in [6, 6.07) is 0.778. The van der Waals surface area contributed by atoms with Crippen LogP contribution in [0.15, 0.2) is 16.7 Å². The number of anilines is 1. The zero-order chi connectivity index (χ0) is 18.8. The fraction of sp³-hybridized carbons (Fsp3) is 0.471. The van der Waals surface area contributed by atoms with E-state index in [1.165, 1.54) is 12.3 Å². The van der Waals surface area contributed by atoms with Crippen molar-refractivity contribution in [3.63, 3.8) is 0 Å². The summed E-state index contributed by atoms with van der Waals surface area (Å²) in [6.45, 7) is 4.12. The van der Waals surface area contributed by atoms with E-state index in [-0.39, 0.29) is 23.1 Å². The summed E-state index contributed by atoms with van der Waals surface area (Å²) in [5, 5.41) is 13.2. The number of aryl methyl sites for hydroxylation is 2. The van der Waals surface area contributed by atoms with E-state index < -0.39 is 23.9 Å². The van der Waals surface area contributed by atoms with Crippen LogP contribution in [0.25, 0.3) is 0 Å². The summed E-state index contributed by atoms with van der Waals surface area (Å²) < 4.78 is 19.6. The van der Waals surface area contributed by atoms with Gasteiger partial charge in [-0.05, 0) is 19.4 Å². The van der Waals surface area contributed by atoms with Crippen molar-refractivity contribution in [2.24, 2.45) is 0 Å². The Bertz CT molecular complexity index is 813. The lowest BCUT2D eigenvalue weighted by Crippen LogP contribution is -2.53. The largest absolute Gasteiger partial charge is 0.435 e. The van der Waals surface area contributed by atoms with Gasteiger partial charge < -0.3 is 19.7 Å². The SMILES string of the molecule is CCc1nc(C)c(C(=O)N[C@H]2C[C@@H](O)CN(c3ncc(Cl)cc3F)C2)o1. The number of nitrogens with zero attached hydrogens (tertiary/aromatic N) is 3. The van der Waals surface area contributed by atoms with Crippen LogP contribution >= 0.6 is 11.6 Å². The van der Waals surface area contributed by atoms with Gasteiger partial charge >= 0.3 is 0 Å². The molecule has 7 nitrogen and oxygen atoms in total. The van der Waals surface area contributed by atoms with Crippen molar-refractivity contribution in [3.05, 3.63) is 40.4 Å². The van der Waals surface area contributed by atoms with E-state index in [0.29, 0.717) is 31.0 Å². The first-order chi connectivity index (χ1) is 12.4. The molecule has 1 amide bonds. The summed E-state index contributed by atoms with van der Waals surface area (Å²) >= 11 is 5.73. The quantitative estimate of drug-likeness (QED) is 0.841. The molecule has 0 bridgehead atoms. The Hall–Kier alpha value is -2.19. The van der Waals surface area contributed by atoms with E-state index in [9.17, 15) is 14.3 Å². The topological polar surface area (TPSA) is 91.5 Å². The molecule has 0 saturated carbocycles. The average Bonchev–Trinajstić information content (AvgIpc) is 2.95. The molecule has 140 valence electrons. The number of aromatic nitrogens is 2. The van der Waals surface area contributed by atoms with Crippen LogP contribution in [0.5, 0.6) is 0 Å². The van der Waals surface area contributed by atoms with Gasteiger partial charge in [-0.15, -0.1) is 0 Å². The summed E-state index contributed by atoms with van der Waals surface area (Å²) in [7, 11) is 0. The maximum atomic E-state index is 14.1. The van der Waals surface area contributed by atoms with Crippen LogP contribution in [0.4, 0.5) is 10.2 Å². The molecule has 2 N–H and O–H groups in total. The monoisotopic (exact) mass is 382 g/mol.